The molecule has 0 aliphatic rings. The molecule has 2 aromatic rings. The summed E-state index contributed by atoms with van der Waals surface area (Å²) >= 11 is 1.58. The minimum atomic E-state index is 0. The summed E-state index contributed by atoms with van der Waals surface area (Å²) in [6.07, 6.45) is 0. The number of para-hydroxylation sites is 1. The number of nitrogens with zero attached hydrogens (tertiary/aromatic N) is 1. The Hall–Kier alpha value is -0.360. The molecule has 0 atom stereocenters. The molecule has 12 heavy (non-hydrogen) atoms. The first kappa shape index (κ1) is 9.73. The van der Waals surface area contributed by atoms with Crippen molar-refractivity contribution in [1.29, 1.82) is 0 Å². The minimum absolute atomic E-state index is 0. The van der Waals surface area contributed by atoms with Crippen LogP contribution < -0.4 is 33.7 Å². The maximum atomic E-state index is 5.77. The number of hydrogen-bond acceptors (Lipinski definition) is 2. The standard InChI is InChI=1S/C8H8N2S.HI/c1-10-7-5-3-2-4-6(7)8(9)11-10;/h2-5,9H,1H3;1H. The number of aryl methyl sites for hydroxylation is 1. The monoisotopic (exact) mass is 292 g/mol. The first-order valence-corrected chi connectivity index (χ1v) is 4.20. The Morgan fingerprint density at radius 2 is 2.00 bits per heavy atom. The maximum absolute atomic E-state index is 5.77. The molecule has 0 saturated carbocycles. The highest BCUT2D eigenvalue weighted by Gasteiger charge is 2.11. The topological polar surface area (TPSA) is 29.9 Å². The second-order valence-electron chi connectivity index (χ2n) is 2.47. The lowest BCUT2D eigenvalue weighted by atomic mass is 10.2. The number of rotatable bonds is 0. The van der Waals surface area contributed by atoms with Gasteiger partial charge in [-0.25, -0.2) is 0 Å². The summed E-state index contributed by atoms with van der Waals surface area (Å²) in [5.41, 5.74) is 6.98. The molecule has 0 spiro atoms. The molecule has 0 unspecified atom stereocenters. The molecule has 1 heterocycles. The Balaban J connectivity index is 0.000000720. The van der Waals surface area contributed by atoms with Crippen molar-refractivity contribution in [2.75, 3.05) is 5.73 Å². The van der Waals surface area contributed by atoms with Gasteiger partial charge in [0.25, 0.3) is 0 Å². The summed E-state index contributed by atoms with van der Waals surface area (Å²) in [6, 6.07) is 8.14. The van der Waals surface area contributed by atoms with Gasteiger partial charge in [-0.2, -0.15) is 0 Å². The van der Waals surface area contributed by atoms with Gasteiger partial charge >= 0.3 is 0 Å². The molecule has 2 N–H and O–H groups in total. The van der Waals surface area contributed by atoms with Crippen LogP contribution in [0.4, 0.5) is 5.00 Å². The summed E-state index contributed by atoms with van der Waals surface area (Å²) < 4.78 is 2.07. The van der Waals surface area contributed by atoms with Crippen LogP contribution in [0.5, 0.6) is 0 Å². The molecule has 0 saturated heterocycles. The van der Waals surface area contributed by atoms with Gasteiger partial charge in [-0.3, -0.25) is 0 Å². The number of aromatic nitrogens is 1. The predicted octanol–water partition coefficient (Wildman–Crippen LogP) is -1.69. The molecule has 0 fully saturated rings. The van der Waals surface area contributed by atoms with Crippen molar-refractivity contribution in [2.24, 2.45) is 7.05 Å². The Labute approximate surface area is 92.2 Å². The van der Waals surface area contributed by atoms with Gasteiger partial charge in [0, 0.05) is 6.07 Å². The van der Waals surface area contributed by atoms with Crippen molar-refractivity contribution in [1.82, 2.24) is 0 Å². The van der Waals surface area contributed by atoms with Crippen LogP contribution in [0.3, 0.4) is 0 Å². The van der Waals surface area contributed by atoms with E-state index >= 15 is 0 Å². The largest absolute Gasteiger partial charge is 1.00 e. The predicted molar refractivity (Wildman–Crippen MR) is 47.4 cm³/mol. The zero-order chi connectivity index (χ0) is 7.84. The molecule has 1 aromatic carbocycles. The first-order valence-electron chi connectivity index (χ1n) is 3.42. The Morgan fingerprint density at radius 3 is 2.67 bits per heavy atom. The van der Waals surface area contributed by atoms with Crippen LogP contribution >= 0.6 is 11.5 Å². The van der Waals surface area contributed by atoms with E-state index in [-0.39, 0.29) is 24.0 Å². The third-order valence-corrected chi connectivity index (χ3v) is 2.63. The highest BCUT2D eigenvalue weighted by Crippen LogP contribution is 2.21. The quantitative estimate of drug-likeness (QED) is 0.456. The molecular formula is C8H9IN2S. The van der Waals surface area contributed by atoms with Gasteiger partial charge in [0.2, 0.25) is 5.52 Å². The van der Waals surface area contributed by atoms with Crippen molar-refractivity contribution < 1.29 is 27.9 Å². The zero-order valence-corrected chi connectivity index (χ0v) is 9.59. The van der Waals surface area contributed by atoms with Crippen LogP contribution in [0.15, 0.2) is 24.3 Å². The van der Waals surface area contributed by atoms with E-state index in [0.29, 0.717) is 0 Å². The normalized spacial score (nSPS) is 9.75. The molecule has 0 amide bonds. The van der Waals surface area contributed by atoms with Gasteiger partial charge in [0.05, 0.1) is 5.39 Å². The highest BCUT2D eigenvalue weighted by atomic mass is 127. The number of nitrogens with two attached hydrogens (primary N) is 1. The smallest absolute Gasteiger partial charge is 0.229 e. The molecule has 4 heteroatoms. The van der Waals surface area contributed by atoms with Crippen LogP contribution in [0.2, 0.25) is 0 Å². The van der Waals surface area contributed by atoms with Crippen LogP contribution in [0.1, 0.15) is 0 Å². The van der Waals surface area contributed by atoms with Crippen molar-refractivity contribution in [3.05, 3.63) is 24.3 Å². The molecular weight excluding hydrogens is 283 g/mol. The van der Waals surface area contributed by atoms with Gasteiger partial charge in [-0.15, -0.1) is 3.96 Å². The van der Waals surface area contributed by atoms with Gasteiger partial charge in [-0.1, -0.05) is 12.1 Å². The van der Waals surface area contributed by atoms with E-state index < -0.39 is 0 Å². The third kappa shape index (κ3) is 1.40. The molecule has 2 nitrogen and oxygen atoms in total. The summed E-state index contributed by atoms with van der Waals surface area (Å²) in [7, 11) is 2.02. The van der Waals surface area contributed by atoms with Crippen molar-refractivity contribution in [3.63, 3.8) is 0 Å². The number of anilines is 1. The van der Waals surface area contributed by atoms with E-state index in [2.05, 4.69) is 10.0 Å². The maximum Gasteiger partial charge on any atom is 0.229 e. The number of benzene rings is 1. The minimum Gasteiger partial charge on any atom is -1.00 e. The van der Waals surface area contributed by atoms with Gasteiger partial charge < -0.3 is 29.7 Å². The van der Waals surface area contributed by atoms with Crippen molar-refractivity contribution in [3.8, 4) is 0 Å². The fraction of sp³-hybridized carbons (Fsp3) is 0.125. The molecule has 0 aliphatic heterocycles. The Morgan fingerprint density at radius 1 is 1.33 bits per heavy atom. The van der Waals surface area contributed by atoms with Crippen LogP contribution in [-0.2, 0) is 7.05 Å². The lowest BCUT2D eigenvalue weighted by Crippen LogP contribution is -3.00. The fourth-order valence-corrected chi connectivity index (χ4v) is 2.03. The van der Waals surface area contributed by atoms with Crippen molar-refractivity contribution >= 4 is 27.4 Å². The first-order chi connectivity index (χ1) is 5.29. The molecule has 64 valence electrons. The van der Waals surface area contributed by atoms with Crippen LogP contribution in [-0.4, -0.2) is 0 Å². The second kappa shape index (κ2) is 3.57. The van der Waals surface area contributed by atoms with Crippen molar-refractivity contribution in [2.45, 2.75) is 0 Å². The highest BCUT2D eigenvalue weighted by molar-refractivity contribution is 7.07. The Bertz CT molecular complexity index is 361. The van der Waals surface area contributed by atoms with Gasteiger partial charge in [-0.05, 0) is 6.07 Å². The lowest BCUT2D eigenvalue weighted by Gasteiger charge is -1.81. The van der Waals surface area contributed by atoms with E-state index in [0.717, 1.165) is 10.4 Å². The summed E-state index contributed by atoms with van der Waals surface area (Å²) in [6.45, 7) is 0. The van der Waals surface area contributed by atoms with E-state index in [1.165, 1.54) is 5.52 Å². The Kier molecular flexibility index (Phi) is 2.89. The van der Waals surface area contributed by atoms with Gasteiger partial charge in [0.15, 0.2) is 23.6 Å². The molecule has 2 rings (SSSR count). The van der Waals surface area contributed by atoms with Crippen LogP contribution in [0.25, 0.3) is 10.9 Å². The number of halogens is 1. The van der Waals surface area contributed by atoms with Crippen LogP contribution in [0, 0.1) is 0 Å². The fourth-order valence-electron chi connectivity index (χ4n) is 1.20. The van der Waals surface area contributed by atoms with Gasteiger partial charge in [0.1, 0.15) is 0 Å². The molecule has 1 aromatic heterocycles. The average molecular weight is 292 g/mol. The lowest BCUT2D eigenvalue weighted by molar-refractivity contribution is -0.573. The average Bonchev–Trinajstić information content (AvgIpc) is 2.30. The second-order valence-corrected chi connectivity index (χ2v) is 3.64. The SMILES string of the molecule is C[n+]1sc(N)c2ccccc21.[I-]. The molecule has 0 radical (unpaired) electrons. The summed E-state index contributed by atoms with van der Waals surface area (Å²) in [5.74, 6) is 0. The third-order valence-electron chi connectivity index (χ3n) is 1.74. The number of nitrogen functional groups attached to an aromatic ring is 1. The number of hydrogen-bond donors (Lipinski definition) is 1. The van der Waals surface area contributed by atoms with E-state index in [9.17, 15) is 0 Å². The van der Waals surface area contributed by atoms with E-state index in [4.69, 9.17) is 5.73 Å². The zero-order valence-electron chi connectivity index (χ0n) is 6.62. The molecule has 0 bridgehead atoms. The molecule has 0 aliphatic carbocycles. The number of fused-ring (bicyclic) bond motifs is 1. The van der Waals surface area contributed by atoms with E-state index in [1.807, 2.05) is 25.2 Å². The summed E-state index contributed by atoms with van der Waals surface area (Å²) in [5, 5.41) is 2.04. The summed E-state index contributed by atoms with van der Waals surface area (Å²) in [4.78, 5) is 0. The van der Waals surface area contributed by atoms with E-state index in [1.54, 1.807) is 11.5 Å².